The van der Waals surface area contributed by atoms with Crippen molar-refractivity contribution in [3.63, 3.8) is 0 Å². The number of rotatable bonds is 6. The van der Waals surface area contributed by atoms with Crippen LogP contribution in [0.25, 0.3) is 22.5 Å². The van der Waals surface area contributed by atoms with Gasteiger partial charge in [-0.3, -0.25) is 0 Å². The van der Waals surface area contributed by atoms with Gasteiger partial charge in [0.2, 0.25) is 5.88 Å². The van der Waals surface area contributed by atoms with Crippen molar-refractivity contribution in [1.29, 1.82) is 5.26 Å². The fraction of sp³-hybridized carbons (Fsp3) is 0.0769. The van der Waals surface area contributed by atoms with Crippen LogP contribution < -0.4 is 9.47 Å². The SMILES string of the molecule is COc1ccc(-c2oc(N=Cc3cccc(Br)c3)c(C#N)c2-c2ccc(OC)cc2)cc1. The standard InChI is InChI=1S/C26H19BrN2O3/c1-30-21-10-6-18(7-11-21)24-23(15-28)26(29-16-17-4-3-5-20(27)14-17)32-25(24)19-8-12-22(31-2)13-9-19/h3-14,16H,1-2H3. The second-order valence-electron chi connectivity index (χ2n) is 6.87. The number of benzene rings is 3. The van der Waals surface area contributed by atoms with Crippen LogP contribution >= 0.6 is 15.9 Å². The van der Waals surface area contributed by atoms with Crippen LogP contribution in [-0.2, 0) is 0 Å². The van der Waals surface area contributed by atoms with Crippen molar-refractivity contribution in [2.24, 2.45) is 4.99 Å². The van der Waals surface area contributed by atoms with Crippen LogP contribution in [0.15, 0.2) is 86.7 Å². The van der Waals surface area contributed by atoms with Gasteiger partial charge < -0.3 is 13.9 Å². The second kappa shape index (κ2) is 9.54. The number of halogens is 1. The molecule has 0 aliphatic heterocycles. The minimum atomic E-state index is 0.254. The molecule has 4 aromatic rings. The average Bonchev–Trinajstić information content (AvgIpc) is 3.21. The van der Waals surface area contributed by atoms with E-state index in [0.717, 1.165) is 32.7 Å². The molecule has 0 aliphatic carbocycles. The number of ether oxygens (including phenoxy) is 2. The first-order valence-electron chi connectivity index (χ1n) is 9.78. The van der Waals surface area contributed by atoms with E-state index in [1.54, 1.807) is 20.4 Å². The fourth-order valence-electron chi connectivity index (χ4n) is 3.31. The summed E-state index contributed by atoms with van der Waals surface area (Å²) >= 11 is 3.46. The molecule has 6 heteroatoms. The van der Waals surface area contributed by atoms with Gasteiger partial charge in [0.05, 0.1) is 14.2 Å². The quantitative estimate of drug-likeness (QED) is 0.274. The zero-order valence-corrected chi connectivity index (χ0v) is 19.1. The maximum absolute atomic E-state index is 10.0. The first-order chi connectivity index (χ1) is 15.6. The smallest absolute Gasteiger partial charge is 0.238 e. The molecule has 1 aromatic heterocycles. The van der Waals surface area contributed by atoms with Gasteiger partial charge in [0, 0.05) is 21.8 Å². The molecule has 0 unspecified atom stereocenters. The summed E-state index contributed by atoms with van der Waals surface area (Å²) in [6.07, 6.45) is 1.68. The molecule has 0 fully saturated rings. The van der Waals surface area contributed by atoms with Crippen LogP contribution in [0.2, 0.25) is 0 Å². The molecule has 0 aliphatic rings. The number of hydrogen-bond donors (Lipinski definition) is 0. The van der Waals surface area contributed by atoms with Crippen LogP contribution in [0.4, 0.5) is 5.88 Å². The van der Waals surface area contributed by atoms with E-state index in [4.69, 9.17) is 13.9 Å². The molecule has 0 amide bonds. The molecule has 0 radical (unpaired) electrons. The highest BCUT2D eigenvalue weighted by atomic mass is 79.9. The Morgan fingerprint density at radius 1 is 0.906 bits per heavy atom. The normalized spacial score (nSPS) is 10.8. The van der Waals surface area contributed by atoms with E-state index in [2.05, 4.69) is 27.0 Å². The van der Waals surface area contributed by atoms with Crippen molar-refractivity contribution in [3.8, 4) is 40.0 Å². The van der Waals surface area contributed by atoms with Crippen LogP contribution in [0.3, 0.4) is 0 Å². The van der Waals surface area contributed by atoms with Crippen LogP contribution in [-0.4, -0.2) is 20.4 Å². The third-order valence-electron chi connectivity index (χ3n) is 4.91. The van der Waals surface area contributed by atoms with Gasteiger partial charge in [0.25, 0.3) is 0 Å². The summed E-state index contributed by atoms with van der Waals surface area (Å²) in [4.78, 5) is 4.50. The molecule has 0 N–H and O–H groups in total. The van der Waals surface area contributed by atoms with Gasteiger partial charge in [-0.05, 0) is 59.7 Å². The fourth-order valence-corrected chi connectivity index (χ4v) is 3.73. The summed E-state index contributed by atoms with van der Waals surface area (Å²) in [5, 5.41) is 10.0. The monoisotopic (exact) mass is 486 g/mol. The van der Waals surface area contributed by atoms with Gasteiger partial charge in [0.1, 0.15) is 28.9 Å². The van der Waals surface area contributed by atoms with Gasteiger partial charge in [-0.2, -0.15) is 5.26 Å². The molecule has 1 heterocycles. The lowest BCUT2D eigenvalue weighted by Crippen LogP contribution is -1.87. The number of nitriles is 1. The van der Waals surface area contributed by atoms with E-state index in [1.165, 1.54) is 0 Å². The molecule has 4 rings (SSSR count). The summed E-state index contributed by atoms with van der Waals surface area (Å²) in [6, 6.07) is 25.0. The topological polar surface area (TPSA) is 67.8 Å². The molecule has 0 saturated carbocycles. The molecule has 5 nitrogen and oxygen atoms in total. The van der Waals surface area contributed by atoms with E-state index in [1.807, 2.05) is 72.8 Å². The lowest BCUT2D eigenvalue weighted by Gasteiger charge is -2.06. The number of furan rings is 1. The van der Waals surface area contributed by atoms with Crippen molar-refractivity contribution in [1.82, 2.24) is 0 Å². The van der Waals surface area contributed by atoms with Crippen LogP contribution in [0.1, 0.15) is 11.1 Å². The van der Waals surface area contributed by atoms with Gasteiger partial charge >= 0.3 is 0 Å². The average molecular weight is 487 g/mol. The molecule has 158 valence electrons. The maximum Gasteiger partial charge on any atom is 0.238 e. The zero-order valence-electron chi connectivity index (χ0n) is 17.5. The summed E-state index contributed by atoms with van der Waals surface area (Å²) in [7, 11) is 3.23. The van der Waals surface area contributed by atoms with Gasteiger partial charge in [-0.1, -0.05) is 40.2 Å². The molecule has 32 heavy (non-hydrogen) atoms. The van der Waals surface area contributed by atoms with Crippen molar-refractivity contribution in [2.45, 2.75) is 0 Å². The van der Waals surface area contributed by atoms with Crippen LogP contribution in [0.5, 0.6) is 11.5 Å². The van der Waals surface area contributed by atoms with E-state index >= 15 is 0 Å². The first kappa shape index (κ1) is 21.4. The molecule has 0 bridgehead atoms. The second-order valence-corrected chi connectivity index (χ2v) is 7.78. The lowest BCUT2D eigenvalue weighted by atomic mass is 9.98. The Hall–Kier alpha value is -3.82. The van der Waals surface area contributed by atoms with Crippen LogP contribution in [0, 0.1) is 11.3 Å². The predicted molar refractivity (Wildman–Crippen MR) is 129 cm³/mol. The summed E-state index contributed by atoms with van der Waals surface area (Å²) in [6.45, 7) is 0. The minimum Gasteiger partial charge on any atom is -0.497 e. The Morgan fingerprint density at radius 3 is 2.09 bits per heavy atom. The number of hydrogen-bond acceptors (Lipinski definition) is 5. The van der Waals surface area contributed by atoms with E-state index in [9.17, 15) is 5.26 Å². The van der Waals surface area contributed by atoms with Crippen molar-refractivity contribution >= 4 is 28.0 Å². The third kappa shape index (κ3) is 4.43. The highest BCUT2D eigenvalue weighted by Crippen LogP contribution is 2.43. The molecule has 0 atom stereocenters. The number of nitrogens with zero attached hydrogens (tertiary/aromatic N) is 2. The minimum absolute atomic E-state index is 0.254. The Balaban J connectivity index is 1.87. The summed E-state index contributed by atoms with van der Waals surface area (Å²) in [5.41, 5.74) is 3.59. The summed E-state index contributed by atoms with van der Waals surface area (Å²) < 4.78 is 17.6. The predicted octanol–water partition coefficient (Wildman–Crippen LogP) is 7.02. The van der Waals surface area contributed by atoms with E-state index in [-0.39, 0.29) is 5.88 Å². The zero-order chi connectivity index (χ0) is 22.5. The molecule has 0 spiro atoms. The Morgan fingerprint density at radius 2 is 1.53 bits per heavy atom. The molecule has 3 aromatic carbocycles. The first-order valence-corrected chi connectivity index (χ1v) is 10.6. The Labute approximate surface area is 194 Å². The number of methoxy groups -OCH3 is 2. The van der Waals surface area contributed by atoms with Crippen molar-refractivity contribution in [2.75, 3.05) is 14.2 Å². The van der Waals surface area contributed by atoms with E-state index < -0.39 is 0 Å². The van der Waals surface area contributed by atoms with Gasteiger partial charge in [0.15, 0.2) is 0 Å². The van der Waals surface area contributed by atoms with Crippen molar-refractivity contribution in [3.05, 3.63) is 88.4 Å². The Bertz CT molecular complexity index is 1300. The van der Waals surface area contributed by atoms with Gasteiger partial charge in [-0.15, -0.1) is 0 Å². The van der Waals surface area contributed by atoms with Crippen molar-refractivity contribution < 1.29 is 13.9 Å². The third-order valence-corrected chi connectivity index (χ3v) is 5.41. The highest BCUT2D eigenvalue weighted by molar-refractivity contribution is 9.10. The van der Waals surface area contributed by atoms with E-state index in [0.29, 0.717) is 16.9 Å². The molecular weight excluding hydrogens is 468 g/mol. The molecular formula is C26H19BrN2O3. The molecule has 0 saturated heterocycles. The lowest BCUT2D eigenvalue weighted by molar-refractivity contribution is 0.414. The largest absolute Gasteiger partial charge is 0.497 e. The van der Waals surface area contributed by atoms with Gasteiger partial charge in [-0.25, -0.2) is 4.99 Å². The number of aliphatic imine (C=N–C) groups is 1. The Kier molecular flexibility index (Phi) is 6.39. The highest BCUT2D eigenvalue weighted by Gasteiger charge is 2.23. The summed E-state index contributed by atoms with van der Waals surface area (Å²) in [5.74, 6) is 2.29. The maximum atomic E-state index is 10.0.